The Morgan fingerprint density at radius 1 is 1.27 bits per heavy atom. The molecular weight excluding hydrogens is 190 g/mol. The SMILES string of the molecule is CCOCC(=O)C(C)(C)N1CCCCC1. The van der Waals surface area contributed by atoms with E-state index < -0.39 is 0 Å². The highest BCUT2D eigenvalue weighted by Gasteiger charge is 2.34. The molecule has 0 saturated carbocycles. The van der Waals surface area contributed by atoms with E-state index >= 15 is 0 Å². The van der Waals surface area contributed by atoms with Crippen molar-refractivity contribution in [3.8, 4) is 0 Å². The average Bonchev–Trinajstić information content (AvgIpc) is 2.27. The van der Waals surface area contributed by atoms with E-state index in [-0.39, 0.29) is 17.9 Å². The summed E-state index contributed by atoms with van der Waals surface area (Å²) >= 11 is 0. The molecule has 0 bridgehead atoms. The van der Waals surface area contributed by atoms with Gasteiger partial charge in [-0.3, -0.25) is 9.69 Å². The lowest BCUT2D eigenvalue weighted by atomic mass is 9.94. The zero-order valence-electron chi connectivity index (χ0n) is 10.2. The fourth-order valence-electron chi connectivity index (χ4n) is 2.00. The summed E-state index contributed by atoms with van der Waals surface area (Å²) in [7, 11) is 0. The van der Waals surface area contributed by atoms with E-state index in [1.807, 2.05) is 20.8 Å². The number of carbonyl (C=O) groups is 1. The average molecular weight is 213 g/mol. The highest BCUT2D eigenvalue weighted by molar-refractivity contribution is 5.88. The summed E-state index contributed by atoms with van der Waals surface area (Å²) in [5.41, 5.74) is -0.352. The lowest BCUT2D eigenvalue weighted by molar-refractivity contribution is -0.134. The highest BCUT2D eigenvalue weighted by Crippen LogP contribution is 2.21. The van der Waals surface area contributed by atoms with Gasteiger partial charge in [0, 0.05) is 6.61 Å². The summed E-state index contributed by atoms with van der Waals surface area (Å²) in [6, 6.07) is 0. The van der Waals surface area contributed by atoms with E-state index in [0.717, 1.165) is 13.1 Å². The molecule has 0 amide bonds. The van der Waals surface area contributed by atoms with Crippen LogP contribution in [0.5, 0.6) is 0 Å². The molecule has 0 spiro atoms. The van der Waals surface area contributed by atoms with Crippen molar-refractivity contribution >= 4 is 5.78 Å². The van der Waals surface area contributed by atoms with E-state index in [1.165, 1.54) is 19.3 Å². The molecule has 0 aromatic rings. The Balaban J connectivity index is 2.51. The Bertz CT molecular complexity index is 208. The smallest absolute Gasteiger partial charge is 0.178 e. The normalized spacial score (nSPS) is 19.1. The molecule has 1 aliphatic heterocycles. The minimum atomic E-state index is -0.352. The van der Waals surface area contributed by atoms with E-state index in [9.17, 15) is 4.79 Å². The van der Waals surface area contributed by atoms with Gasteiger partial charge in [0.05, 0.1) is 5.54 Å². The molecule has 15 heavy (non-hydrogen) atoms. The molecule has 1 heterocycles. The lowest BCUT2D eigenvalue weighted by Crippen LogP contribution is -2.53. The number of carbonyl (C=O) groups excluding carboxylic acids is 1. The highest BCUT2D eigenvalue weighted by atomic mass is 16.5. The van der Waals surface area contributed by atoms with Gasteiger partial charge in [-0.2, -0.15) is 0 Å². The second kappa shape index (κ2) is 5.61. The van der Waals surface area contributed by atoms with Crippen LogP contribution < -0.4 is 0 Å². The van der Waals surface area contributed by atoms with Crippen LogP contribution in [0.15, 0.2) is 0 Å². The third kappa shape index (κ3) is 3.28. The number of ether oxygens (including phenoxy) is 1. The Hall–Kier alpha value is -0.410. The number of rotatable bonds is 5. The molecule has 0 atom stereocenters. The van der Waals surface area contributed by atoms with Gasteiger partial charge in [0.2, 0.25) is 0 Å². The van der Waals surface area contributed by atoms with Gasteiger partial charge in [0.25, 0.3) is 0 Å². The largest absolute Gasteiger partial charge is 0.374 e. The molecule has 0 aliphatic carbocycles. The van der Waals surface area contributed by atoms with Crippen LogP contribution in [-0.4, -0.2) is 42.5 Å². The molecule has 0 radical (unpaired) electrons. The van der Waals surface area contributed by atoms with E-state index in [1.54, 1.807) is 0 Å². The first-order valence-corrected chi connectivity index (χ1v) is 5.95. The summed E-state index contributed by atoms with van der Waals surface area (Å²) in [5.74, 6) is 0.200. The molecule has 0 aromatic carbocycles. The van der Waals surface area contributed by atoms with Crippen LogP contribution in [0.4, 0.5) is 0 Å². The molecule has 3 nitrogen and oxygen atoms in total. The number of piperidine rings is 1. The topological polar surface area (TPSA) is 29.5 Å². The fraction of sp³-hybridized carbons (Fsp3) is 0.917. The van der Waals surface area contributed by atoms with Crippen LogP contribution >= 0.6 is 0 Å². The summed E-state index contributed by atoms with van der Waals surface area (Å²) in [5, 5.41) is 0. The number of hydrogen-bond acceptors (Lipinski definition) is 3. The van der Waals surface area contributed by atoms with Crippen LogP contribution in [0.2, 0.25) is 0 Å². The molecule has 88 valence electrons. The van der Waals surface area contributed by atoms with Crippen molar-refractivity contribution in [1.29, 1.82) is 0 Å². The summed E-state index contributed by atoms with van der Waals surface area (Å²) < 4.78 is 5.20. The summed E-state index contributed by atoms with van der Waals surface area (Å²) in [6.07, 6.45) is 3.73. The van der Waals surface area contributed by atoms with E-state index in [4.69, 9.17) is 4.74 Å². The van der Waals surface area contributed by atoms with Crippen molar-refractivity contribution in [2.24, 2.45) is 0 Å². The standard InChI is InChI=1S/C12H23NO2/c1-4-15-10-11(14)12(2,3)13-8-6-5-7-9-13/h4-10H2,1-3H3. The van der Waals surface area contributed by atoms with Gasteiger partial charge in [-0.1, -0.05) is 6.42 Å². The second-order valence-electron chi connectivity index (χ2n) is 4.67. The molecule has 1 saturated heterocycles. The van der Waals surface area contributed by atoms with Crippen molar-refractivity contribution < 1.29 is 9.53 Å². The summed E-state index contributed by atoms with van der Waals surface area (Å²) in [4.78, 5) is 14.2. The maximum atomic E-state index is 12.0. The van der Waals surface area contributed by atoms with Gasteiger partial charge in [0.1, 0.15) is 6.61 Å². The molecule has 1 aliphatic rings. The minimum Gasteiger partial charge on any atom is -0.374 e. The van der Waals surface area contributed by atoms with Crippen LogP contribution in [0.3, 0.4) is 0 Å². The minimum absolute atomic E-state index is 0.200. The van der Waals surface area contributed by atoms with Gasteiger partial charge in [-0.15, -0.1) is 0 Å². The van der Waals surface area contributed by atoms with E-state index in [2.05, 4.69) is 4.90 Å². The first-order valence-electron chi connectivity index (χ1n) is 5.95. The molecule has 3 heteroatoms. The fourth-order valence-corrected chi connectivity index (χ4v) is 2.00. The maximum Gasteiger partial charge on any atom is 0.178 e. The number of hydrogen-bond donors (Lipinski definition) is 0. The first kappa shape index (κ1) is 12.7. The van der Waals surface area contributed by atoms with Crippen LogP contribution in [0.25, 0.3) is 0 Å². The van der Waals surface area contributed by atoms with Crippen molar-refractivity contribution in [1.82, 2.24) is 4.90 Å². The zero-order chi connectivity index (χ0) is 11.3. The Kier molecular flexibility index (Phi) is 4.74. The number of ketones is 1. The van der Waals surface area contributed by atoms with Gasteiger partial charge < -0.3 is 4.74 Å². The van der Waals surface area contributed by atoms with Gasteiger partial charge >= 0.3 is 0 Å². The van der Waals surface area contributed by atoms with Crippen molar-refractivity contribution in [2.45, 2.75) is 45.6 Å². The van der Waals surface area contributed by atoms with Crippen LogP contribution in [-0.2, 0) is 9.53 Å². The number of likely N-dealkylation sites (tertiary alicyclic amines) is 1. The van der Waals surface area contributed by atoms with Gasteiger partial charge in [-0.25, -0.2) is 0 Å². The first-order chi connectivity index (χ1) is 7.09. The van der Waals surface area contributed by atoms with Gasteiger partial charge in [0.15, 0.2) is 5.78 Å². The predicted molar refractivity (Wildman–Crippen MR) is 61.0 cm³/mol. The number of Topliss-reactive ketones (excluding diaryl/α,β-unsaturated/α-hetero) is 1. The zero-order valence-corrected chi connectivity index (χ0v) is 10.2. The second-order valence-corrected chi connectivity index (χ2v) is 4.67. The van der Waals surface area contributed by atoms with E-state index in [0.29, 0.717) is 6.61 Å². The third-order valence-corrected chi connectivity index (χ3v) is 3.27. The third-order valence-electron chi connectivity index (χ3n) is 3.27. The van der Waals surface area contributed by atoms with Crippen molar-refractivity contribution in [3.05, 3.63) is 0 Å². The molecule has 0 N–H and O–H groups in total. The van der Waals surface area contributed by atoms with Crippen LogP contribution in [0.1, 0.15) is 40.0 Å². The summed E-state index contributed by atoms with van der Waals surface area (Å²) in [6.45, 7) is 8.90. The predicted octanol–water partition coefficient (Wildman–Crippen LogP) is 1.86. The van der Waals surface area contributed by atoms with Gasteiger partial charge in [-0.05, 0) is 46.7 Å². The van der Waals surface area contributed by atoms with Crippen molar-refractivity contribution in [3.63, 3.8) is 0 Å². The maximum absolute atomic E-state index is 12.0. The molecule has 1 rings (SSSR count). The molecule has 0 aromatic heterocycles. The Morgan fingerprint density at radius 2 is 1.87 bits per heavy atom. The Labute approximate surface area is 92.8 Å². The van der Waals surface area contributed by atoms with Crippen LogP contribution in [0, 0.1) is 0 Å². The molecular formula is C12H23NO2. The Morgan fingerprint density at radius 3 is 2.40 bits per heavy atom. The number of nitrogens with zero attached hydrogens (tertiary/aromatic N) is 1. The molecule has 0 unspecified atom stereocenters. The lowest BCUT2D eigenvalue weighted by Gasteiger charge is -2.39. The van der Waals surface area contributed by atoms with Crippen molar-refractivity contribution in [2.75, 3.05) is 26.3 Å². The molecule has 1 fully saturated rings. The monoisotopic (exact) mass is 213 g/mol. The quantitative estimate of drug-likeness (QED) is 0.698.